The monoisotopic (exact) mass is 361 g/mol. The summed E-state index contributed by atoms with van der Waals surface area (Å²) < 4.78 is 0. The van der Waals surface area contributed by atoms with Gasteiger partial charge in [-0.2, -0.15) is 5.10 Å². The molecule has 0 aliphatic carbocycles. The Labute approximate surface area is 146 Å². The maximum absolute atomic E-state index is 12.1. The molecule has 0 radical (unpaired) electrons. The molecule has 0 fully saturated rings. The molecule has 3 aromatic heterocycles. The number of thiophene rings is 1. The first-order valence-electron chi connectivity index (χ1n) is 6.90. The molecule has 0 saturated heterocycles. The number of amides is 2. The van der Waals surface area contributed by atoms with Crippen molar-refractivity contribution < 1.29 is 9.59 Å². The first-order valence-corrected chi connectivity index (χ1v) is 8.16. The second kappa shape index (κ2) is 7.24. The topological polar surface area (TPSA) is 99.8 Å². The van der Waals surface area contributed by atoms with Crippen molar-refractivity contribution in [2.24, 2.45) is 0 Å². The molecule has 3 aromatic rings. The van der Waals surface area contributed by atoms with Gasteiger partial charge in [-0.1, -0.05) is 17.7 Å². The van der Waals surface area contributed by atoms with Gasteiger partial charge < -0.3 is 10.6 Å². The van der Waals surface area contributed by atoms with Crippen molar-refractivity contribution in [2.75, 3.05) is 5.32 Å². The fourth-order valence-corrected chi connectivity index (χ4v) is 2.95. The van der Waals surface area contributed by atoms with Gasteiger partial charge in [0.15, 0.2) is 5.69 Å². The number of halogens is 1. The van der Waals surface area contributed by atoms with Crippen molar-refractivity contribution in [1.29, 1.82) is 0 Å². The van der Waals surface area contributed by atoms with Crippen molar-refractivity contribution in [2.45, 2.75) is 6.54 Å². The number of hydrogen-bond donors (Lipinski definition) is 3. The molecule has 0 aliphatic heterocycles. The van der Waals surface area contributed by atoms with E-state index in [9.17, 15) is 9.59 Å². The Morgan fingerprint density at radius 1 is 1.29 bits per heavy atom. The number of nitrogens with zero attached hydrogens (tertiary/aromatic N) is 2. The van der Waals surface area contributed by atoms with Crippen molar-refractivity contribution in [3.8, 4) is 0 Å². The summed E-state index contributed by atoms with van der Waals surface area (Å²) in [5.41, 5.74) is 1.05. The van der Waals surface area contributed by atoms with Crippen LogP contribution in [-0.4, -0.2) is 27.0 Å². The summed E-state index contributed by atoms with van der Waals surface area (Å²) >= 11 is 7.14. The Kier molecular flexibility index (Phi) is 4.88. The molecule has 0 unspecified atom stereocenters. The average molecular weight is 362 g/mol. The Balaban J connectivity index is 1.59. The lowest BCUT2D eigenvalue weighted by molar-refractivity contribution is 0.0945. The van der Waals surface area contributed by atoms with Crippen LogP contribution >= 0.6 is 22.9 Å². The number of hydrogen-bond acceptors (Lipinski definition) is 5. The number of nitrogens with one attached hydrogen (secondary N) is 3. The average Bonchev–Trinajstić information content (AvgIpc) is 3.22. The molecule has 9 heteroatoms. The molecule has 24 heavy (non-hydrogen) atoms. The quantitative estimate of drug-likeness (QED) is 0.650. The molecule has 7 nitrogen and oxygen atoms in total. The Hall–Kier alpha value is -2.71. The van der Waals surface area contributed by atoms with Crippen LogP contribution in [0, 0.1) is 0 Å². The summed E-state index contributed by atoms with van der Waals surface area (Å²) in [6.07, 6.45) is 3.33. The normalized spacial score (nSPS) is 10.4. The highest BCUT2D eigenvalue weighted by Crippen LogP contribution is 2.22. The number of carbonyl (C=O) groups excluding carboxylic acids is 2. The van der Waals surface area contributed by atoms with Crippen LogP contribution in [0.4, 0.5) is 5.82 Å². The molecular weight excluding hydrogens is 350 g/mol. The van der Waals surface area contributed by atoms with Gasteiger partial charge in [0.2, 0.25) is 0 Å². The van der Waals surface area contributed by atoms with Crippen LogP contribution in [0.1, 0.15) is 25.7 Å². The molecule has 0 spiro atoms. The van der Waals surface area contributed by atoms with Gasteiger partial charge in [0.05, 0.1) is 5.02 Å². The fourth-order valence-electron chi connectivity index (χ4n) is 1.91. The zero-order valence-electron chi connectivity index (χ0n) is 12.2. The lowest BCUT2D eigenvalue weighted by atomic mass is 10.3. The minimum atomic E-state index is -0.360. The van der Waals surface area contributed by atoms with E-state index in [1.54, 1.807) is 29.9 Å². The van der Waals surface area contributed by atoms with Crippen LogP contribution in [-0.2, 0) is 6.54 Å². The minimum absolute atomic E-state index is 0.173. The number of rotatable bonds is 5. The van der Waals surface area contributed by atoms with Crippen LogP contribution in [0.25, 0.3) is 0 Å². The number of aromatic nitrogens is 3. The van der Waals surface area contributed by atoms with Crippen molar-refractivity contribution in [3.63, 3.8) is 0 Å². The fraction of sp³-hybridized carbons (Fsp3) is 0.0667. The number of anilines is 1. The molecule has 3 heterocycles. The highest BCUT2D eigenvalue weighted by Gasteiger charge is 2.15. The standard InChI is InChI=1S/C15H12ClN5O2S/c16-10-3-5-24-13(10)15(23)19-12-6-11(20-21-12)14(22)18-8-9-2-1-4-17-7-9/h1-7H,8H2,(H,18,22)(H2,19,20,21,23). The molecule has 3 N–H and O–H groups in total. The zero-order chi connectivity index (χ0) is 16.9. The van der Waals surface area contributed by atoms with Crippen molar-refractivity contribution in [1.82, 2.24) is 20.5 Å². The van der Waals surface area contributed by atoms with Gasteiger partial charge in [0.1, 0.15) is 10.7 Å². The molecule has 0 aromatic carbocycles. The second-order valence-electron chi connectivity index (χ2n) is 4.76. The zero-order valence-corrected chi connectivity index (χ0v) is 13.8. The predicted molar refractivity (Wildman–Crippen MR) is 91.3 cm³/mol. The largest absolute Gasteiger partial charge is 0.347 e. The van der Waals surface area contributed by atoms with Gasteiger partial charge in [0, 0.05) is 25.0 Å². The van der Waals surface area contributed by atoms with E-state index >= 15 is 0 Å². The van der Waals surface area contributed by atoms with E-state index in [2.05, 4.69) is 25.8 Å². The molecule has 0 atom stereocenters. The van der Waals surface area contributed by atoms with Crippen molar-refractivity contribution in [3.05, 3.63) is 63.2 Å². The van der Waals surface area contributed by atoms with Gasteiger partial charge in [-0.3, -0.25) is 19.7 Å². The summed E-state index contributed by atoms with van der Waals surface area (Å²) in [6, 6.07) is 6.75. The Morgan fingerprint density at radius 2 is 2.17 bits per heavy atom. The van der Waals surface area contributed by atoms with E-state index in [4.69, 9.17) is 11.6 Å². The van der Waals surface area contributed by atoms with E-state index in [0.717, 1.165) is 5.56 Å². The van der Waals surface area contributed by atoms with Crippen LogP contribution < -0.4 is 10.6 Å². The number of pyridine rings is 1. The van der Waals surface area contributed by atoms with E-state index in [1.165, 1.54) is 17.4 Å². The Bertz CT molecular complexity index is 862. The molecule has 0 saturated carbocycles. The third-order valence-corrected chi connectivity index (χ3v) is 4.40. The summed E-state index contributed by atoms with van der Waals surface area (Å²) in [5, 5.41) is 13.9. The van der Waals surface area contributed by atoms with Gasteiger partial charge in [-0.05, 0) is 23.1 Å². The van der Waals surface area contributed by atoms with Crippen LogP contribution in [0.5, 0.6) is 0 Å². The van der Waals surface area contributed by atoms with E-state index in [0.29, 0.717) is 22.3 Å². The predicted octanol–water partition coefficient (Wildman–Crippen LogP) is 2.70. The first kappa shape index (κ1) is 16.2. The smallest absolute Gasteiger partial charge is 0.272 e. The number of H-pyrrole nitrogens is 1. The van der Waals surface area contributed by atoms with Gasteiger partial charge in [-0.15, -0.1) is 11.3 Å². The van der Waals surface area contributed by atoms with Crippen LogP contribution in [0.2, 0.25) is 5.02 Å². The maximum atomic E-state index is 12.1. The van der Waals surface area contributed by atoms with E-state index in [-0.39, 0.29) is 17.5 Å². The Morgan fingerprint density at radius 3 is 2.88 bits per heavy atom. The molecule has 0 aliphatic rings. The highest BCUT2D eigenvalue weighted by molar-refractivity contribution is 7.12. The van der Waals surface area contributed by atoms with Crippen LogP contribution in [0.15, 0.2) is 42.0 Å². The second-order valence-corrected chi connectivity index (χ2v) is 6.09. The van der Waals surface area contributed by atoms with Crippen molar-refractivity contribution >= 4 is 40.6 Å². The van der Waals surface area contributed by atoms with E-state index < -0.39 is 0 Å². The SMILES string of the molecule is O=C(NCc1cccnc1)c1cc(NC(=O)c2sccc2Cl)[nH]n1. The van der Waals surface area contributed by atoms with Gasteiger partial charge in [-0.25, -0.2) is 0 Å². The van der Waals surface area contributed by atoms with Crippen LogP contribution in [0.3, 0.4) is 0 Å². The molecule has 3 rings (SSSR count). The number of aromatic amines is 1. The molecule has 122 valence electrons. The summed E-state index contributed by atoms with van der Waals surface area (Å²) in [4.78, 5) is 28.5. The number of carbonyl (C=O) groups is 2. The highest BCUT2D eigenvalue weighted by atomic mass is 35.5. The molecular formula is C15H12ClN5O2S. The van der Waals surface area contributed by atoms with Gasteiger partial charge >= 0.3 is 0 Å². The summed E-state index contributed by atoms with van der Waals surface area (Å²) in [5.74, 6) is -0.401. The molecule has 2 amide bonds. The first-order chi connectivity index (χ1) is 11.6. The summed E-state index contributed by atoms with van der Waals surface area (Å²) in [7, 11) is 0. The third kappa shape index (κ3) is 3.79. The molecule has 0 bridgehead atoms. The third-order valence-electron chi connectivity index (χ3n) is 3.06. The lowest BCUT2D eigenvalue weighted by Gasteiger charge is -2.02. The summed E-state index contributed by atoms with van der Waals surface area (Å²) in [6.45, 7) is 0.339. The maximum Gasteiger partial charge on any atom is 0.272 e. The van der Waals surface area contributed by atoms with E-state index in [1.807, 2.05) is 6.07 Å². The lowest BCUT2D eigenvalue weighted by Crippen LogP contribution is -2.23. The minimum Gasteiger partial charge on any atom is -0.347 e. The van der Waals surface area contributed by atoms with Gasteiger partial charge in [0.25, 0.3) is 11.8 Å².